The third-order valence-electron chi connectivity index (χ3n) is 0.659. The van der Waals surface area contributed by atoms with Gasteiger partial charge in [0.2, 0.25) is 0 Å². The van der Waals surface area contributed by atoms with E-state index in [9.17, 15) is 4.79 Å². The Morgan fingerprint density at radius 2 is 2.25 bits per heavy atom. The van der Waals surface area contributed by atoms with Crippen LogP contribution in [-0.4, -0.2) is 13.1 Å². The van der Waals surface area contributed by atoms with Crippen LogP contribution in [-0.2, 0) is 9.53 Å². The number of hydrogen-bond acceptors (Lipinski definition) is 2. The monoisotopic (exact) mass is 186 g/mol. The van der Waals surface area contributed by atoms with E-state index in [1.807, 2.05) is 6.92 Å². The van der Waals surface area contributed by atoms with E-state index in [0.717, 1.165) is 12.8 Å². The minimum absolute atomic E-state index is 0. The van der Waals surface area contributed by atoms with Crippen molar-refractivity contribution in [3.05, 3.63) is 0 Å². The van der Waals surface area contributed by atoms with Gasteiger partial charge in [0.25, 0.3) is 0 Å². The largest absolute Gasteiger partial charge is 1.00 e. The van der Waals surface area contributed by atoms with Crippen LogP contribution in [0.5, 0.6) is 0 Å². The van der Waals surface area contributed by atoms with Gasteiger partial charge in [-0.25, -0.2) is 0 Å². The third-order valence-corrected chi connectivity index (χ3v) is 0.659. The van der Waals surface area contributed by atoms with E-state index < -0.39 is 0 Å². The van der Waals surface area contributed by atoms with Crippen molar-refractivity contribution in [3.8, 4) is 0 Å². The van der Waals surface area contributed by atoms with Crippen molar-refractivity contribution < 1.29 is 67.7 Å². The summed E-state index contributed by atoms with van der Waals surface area (Å²) in [6, 6.07) is 0. The summed E-state index contributed by atoms with van der Waals surface area (Å²) in [4.78, 5) is 9.33. The Morgan fingerprint density at radius 3 is 2.62 bits per heavy atom. The summed E-state index contributed by atoms with van der Waals surface area (Å²) in [5, 5.41) is 0. The second kappa shape index (κ2) is 11.1. The van der Waals surface area contributed by atoms with Gasteiger partial charge in [0, 0.05) is 6.61 Å². The van der Waals surface area contributed by atoms with E-state index >= 15 is 0 Å². The van der Waals surface area contributed by atoms with Gasteiger partial charge < -0.3 is 9.53 Å². The maximum Gasteiger partial charge on any atom is 1.00 e. The first-order chi connectivity index (χ1) is 3.41. The molecule has 0 aromatic rings. The molecular weight excluding hydrogens is 178 g/mol. The summed E-state index contributed by atoms with van der Waals surface area (Å²) in [5.41, 5.74) is 0. The smallest absolute Gasteiger partial charge is 0.653 e. The van der Waals surface area contributed by atoms with Crippen molar-refractivity contribution in [2.45, 2.75) is 19.8 Å². The van der Waals surface area contributed by atoms with Crippen LogP contribution >= 0.6 is 0 Å². The van der Waals surface area contributed by atoms with Crippen LogP contribution in [0.2, 0.25) is 0 Å². The number of rotatable bonds is 4. The van der Waals surface area contributed by atoms with Gasteiger partial charge in [-0.2, -0.15) is 0 Å². The molecule has 0 N–H and O–H groups in total. The van der Waals surface area contributed by atoms with Crippen LogP contribution in [0.3, 0.4) is 0 Å². The number of ether oxygens (including phenoxy) is 1. The number of hydrogen-bond donors (Lipinski definition) is 0. The molecule has 0 unspecified atom stereocenters. The Kier molecular flexibility index (Phi) is 16.7. The second-order valence-corrected chi connectivity index (χ2v) is 1.29. The van der Waals surface area contributed by atoms with Crippen molar-refractivity contribution in [2.75, 3.05) is 6.61 Å². The molecule has 0 fully saturated rings. The first-order valence-corrected chi connectivity index (χ1v) is 2.40. The molecule has 42 valence electrons. The van der Waals surface area contributed by atoms with E-state index in [1.165, 1.54) is 6.47 Å². The minimum Gasteiger partial charge on any atom is -0.653 e. The molecule has 0 atom stereocenters. The van der Waals surface area contributed by atoms with Gasteiger partial charge in [-0.1, -0.05) is 19.8 Å². The quantitative estimate of drug-likeness (QED) is 0.371. The molecule has 0 radical (unpaired) electrons. The molecule has 8 heavy (non-hydrogen) atoms. The summed E-state index contributed by atoms with van der Waals surface area (Å²) in [5.74, 6) is 0. The van der Waals surface area contributed by atoms with Gasteiger partial charge in [-0.05, 0) is 6.42 Å². The van der Waals surface area contributed by atoms with E-state index in [-0.39, 0.29) is 58.2 Å². The van der Waals surface area contributed by atoms with E-state index in [0.29, 0.717) is 6.61 Å². The van der Waals surface area contributed by atoms with Crippen molar-refractivity contribution in [1.29, 1.82) is 0 Å². The molecule has 0 aromatic carbocycles. The first-order valence-electron chi connectivity index (χ1n) is 2.40. The molecule has 0 spiro atoms. The predicted octanol–water partition coefficient (Wildman–Crippen LogP) is -2.13. The summed E-state index contributed by atoms with van der Waals surface area (Å²) in [6.07, 6.45) is 2.00. The summed E-state index contributed by atoms with van der Waals surface area (Å²) >= 11 is 0. The molecule has 2 nitrogen and oxygen atoms in total. The summed E-state index contributed by atoms with van der Waals surface area (Å²) in [7, 11) is 0. The van der Waals surface area contributed by atoms with Gasteiger partial charge >= 0.3 is 58.2 Å². The first kappa shape index (κ1) is 12.0. The molecule has 0 aliphatic heterocycles. The van der Waals surface area contributed by atoms with Crippen LogP contribution in [0.15, 0.2) is 0 Å². The molecule has 0 aromatic heterocycles. The topological polar surface area (TPSA) is 26.3 Å². The zero-order valence-electron chi connectivity index (χ0n) is 5.44. The van der Waals surface area contributed by atoms with Crippen molar-refractivity contribution in [2.24, 2.45) is 0 Å². The Hall–Kier alpha value is 1.28. The fraction of sp³-hybridized carbons (Fsp3) is 0.800. The van der Waals surface area contributed by atoms with Gasteiger partial charge in [-0.3, -0.25) is 0 Å². The van der Waals surface area contributed by atoms with Crippen LogP contribution < -0.4 is 58.2 Å². The van der Waals surface area contributed by atoms with Crippen molar-refractivity contribution in [3.63, 3.8) is 0 Å². The zero-order valence-corrected chi connectivity index (χ0v) is 10.4. The standard InChI is InChI=1S/C5H9O2.Rb/c1-2-3-4-7-5-6;/h2-4H2,1H3;/q-1;+1. The molecule has 0 saturated carbocycles. The van der Waals surface area contributed by atoms with Gasteiger partial charge in [-0.15, -0.1) is 0 Å². The average Bonchev–Trinajstić information content (AvgIpc) is 1.69. The van der Waals surface area contributed by atoms with E-state index in [4.69, 9.17) is 0 Å². The maximum atomic E-state index is 9.33. The van der Waals surface area contributed by atoms with Crippen LogP contribution in [0.4, 0.5) is 0 Å². The molecule has 3 heteroatoms. The van der Waals surface area contributed by atoms with Crippen molar-refractivity contribution >= 4 is 6.47 Å². The Labute approximate surface area is 98.8 Å². The molecular formula is C5H9O2Rb. The molecule has 0 aliphatic rings. The normalized spacial score (nSPS) is 7.12. The van der Waals surface area contributed by atoms with Crippen molar-refractivity contribution in [1.82, 2.24) is 0 Å². The summed E-state index contributed by atoms with van der Waals surface area (Å²) in [6.45, 7) is 3.90. The van der Waals surface area contributed by atoms with Crippen LogP contribution in [0.1, 0.15) is 19.8 Å². The summed E-state index contributed by atoms with van der Waals surface area (Å²) < 4.78 is 4.27. The Balaban J connectivity index is 0. The maximum absolute atomic E-state index is 9.33. The van der Waals surface area contributed by atoms with Crippen LogP contribution in [0.25, 0.3) is 0 Å². The molecule has 0 bridgehead atoms. The molecule has 0 rings (SSSR count). The molecule has 0 saturated heterocycles. The third kappa shape index (κ3) is 10.3. The molecule has 0 aliphatic carbocycles. The fourth-order valence-corrected chi connectivity index (χ4v) is 0.258. The Morgan fingerprint density at radius 1 is 1.62 bits per heavy atom. The number of unbranched alkanes of at least 4 members (excludes halogenated alkanes) is 1. The van der Waals surface area contributed by atoms with Crippen LogP contribution in [0, 0.1) is 0 Å². The van der Waals surface area contributed by atoms with Gasteiger partial charge in [0.05, 0.1) is 0 Å². The molecule has 0 heterocycles. The number of carbonyl (C=O) groups excluding carboxylic acids is 1. The predicted molar refractivity (Wildman–Crippen MR) is 26.6 cm³/mol. The fourth-order valence-electron chi connectivity index (χ4n) is 0.258. The van der Waals surface area contributed by atoms with E-state index in [2.05, 4.69) is 4.74 Å². The average molecular weight is 187 g/mol. The SMILES string of the molecule is CCCCO[C-]=O.[Rb+]. The second-order valence-electron chi connectivity index (χ2n) is 1.29. The van der Waals surface area contributed by atoms with Gasteiger partial charge in [0.1, 0.15) is 0 Å². The Bertz CT molecular complexity index is 47.7. The minimum atomic E-state index is 0. The molecule has 0 amide bonds. The zero-order chi connectivity index (χ0) is 5.54. The van der Waals surface area contributed by atoms with Gasteiger partial charge in [0.15, 0.2) is 0 Å². The van der Waals surface area contributed by atoms with E-state index in [1.54, 1.807) is 0 Å².